The standard InChI is InChI=1S/C23H36O4/c1-7-21(5)12-18(27-19(25)13-24)22(6)15(3)8-9-23(16(4)20(21)26)11-14(2)10-17(22)23/h7,10,14-16,18,20,24,26H,1,8-9,11-13H2,2-6H3/t14?,15?,16-,18+,20-,21+,22+,23-/m0/s1. The van der Waals surface area contributed by atoms with Crippen LogP contribution in [0.2, 0.25) is 0 Å². The molecule has 0 radical (unpaired) electrons. The highest BCUT2D eigenvalue weighted by atomic mass is 16.6. The quantitative estimate of drug-likeness (QED) is 0.580. The number of hydrogen-bond donors (Lipinski definition) is 2. The van der Waals surface area contributed by atoms with E-state index in [1.54, 1.807) is 0 Å². The van der Waals surface area contributed by atoms with Crippen molar-refractivity contribution in [3.05, 3.63) is 24.3 Å². The predicted octanol–water partition coefficient (Wildman–Crippen LogP) is 3.87. The number of aliphatic hydroxyl groups excluding tert-OH is 2. The van der Waals surface area contributed by atoms with Crippen LogP contribution in [0.25, 0.3) is 0 Å². The Bertz CT molecular complexity index is 655. The molecule has 3 aliphatic rings. The molecule has 2 saturated carbocycles. The third-order valence-electron chi connectivity index (χ3n) is 8.49. The molecule has 0 saturated heterocycles. The minimum Gasteiger partial charge on any atom is -0.460 e. The largest absolute Gasteiger partial charge is 0.460 e. The Labute approximate surface area is 163 Å². The smallest absolute Gasteiger partial charge is 0.332 e. The highest BCUT2D eigenvalue weighted by Gasteiger charge is 2.63. The van der Waals surface area contributed by atoms with Crippen LogP contribution in [0.5, 0.6) is 0 Å². The number of esters is 1. The van der Waals surface area contributed by atoms with Crippen LogP contribution < -0.4 is 0 Å². The minimum atomic E-state index is -0.620. The summed E-state index contributed by atoms with van der Waals surface area (Å²) in [4.78, 5) is 12.1. The lowest BCUT2D eigenvalue weighted by atomic mass is 9.46. The van der Waals surface area contributed by atoms with E-state index in [1.807, 2.05) is 13.0 Å². The summed E-state index contributed by atoms with van der Waals surface area (Å²) in [6.07, 6.45) is 6.93. The van der Waals surface area contributed by atoms with Crippen molar-refractivity contribution in [2.24, 2.45) is 34.0 Å². The first-order valence-corrected chi connectivity index (χ1v) is 10.4. The summed E-state index contributed by atoms with van der Waals surface area (Å²) in [5.74, 6) is 0.320. The number of rotatable bonds is 3. The van der Waals surface area contributed by atoms with E-state index in [9.17, 15) is 15.0 Å². The van der Waals surface area contributed by atoms with Crippen LogP contribution in [0.1, 0.15) is 60.3 Å². The van der Waals surface area contributed by atoms with Gasteiger partial charge in [0.15, 0.2) is 0 Å². The fourth-order valence-electron chi connectivity index (χ4n) is 6.51. The second-order valence-corrected chi connectivity index (χ2v) is 9.92. The lowest BCUT2D eigenvalue weighted by Gasteiger charge is -2.60. The summed E-state index contributed by atoms with van der Waals surface area (Å²) >= 11 is 0. The third kappa shape index (κ3) is 2.82. The molecule has 27 heavy (non-hydrogen) atoms. The molecule has 152 valence electrons. The first kappa shape index (κ1) is 20.6. The summed E-state index contributed by atoms with van der Waals surface area (Å²) in [5.41, 5.74) is 0.457. The van der Waals surface area contributed by atoms with Gasteiger partial charge in [-0.05, 0) is 48.9 Å². The van der Waals surface area contributed by atoms with E-state index < -0.39 is 30.2 Å². The molecule has 2 bridgehead atoms. The van der Waals surface area contributed by atoms with Gasteiger partial charge in [-0.1, -0.05) is 52.3 Å². The van der Waals surface area contributed by atoms with E-state index >= 15 is 0 Å². The third-order valence-corrected chi connectivity index (χ3v) is 8.49. The fourth-order valence-corrected chi connectivity index (χ4v) is 6.51. The average Bonchev–Trinajstić information content (AvgIpc) is 3.00. The summed E-state index contributed by atoms with van der Waals surface area (Å²) < 4.78 is 5.87. The molecule has 0 aromatic rings. The lowest BCUT2D eigenvalue weighted by Crippen LogP contribution is -2.58. The zero-order chi connectivity index (χ0) is 20.2. The Morgan fingerprint density at radius 3 is 2.59 bits per heavy atom. The van der Waals surface area contributed by atoms with Gasteiger partial charge in [0.25, 0.3) is 0 Å². The Hall–Kier alpha value is -1.13. The molecule has 2 unspecified atom stereocenters. The molecule has 4 heteroatoms. The lowest BCUT2D eigenvalue weighted by molar-refractivity contribution is -0.173. The van der Waals surface area contributed by atoms with Gasteiger partial charge in [-0.15, -0.1) is 6.58 Å². The van der Waals surface area contributed by atoms with Crippen molar-refractivity contribution >= 4 is 5.97 Å². The van der Waals surface area contributed by atoms with E-state index in [4.69, 9.17) is 4.74 Å². The van der Waals surface area contributed by atoms with E-state index in [-0.39, 0.29) is 16.7 Å². The fraction of sp³-hybridized carbons (Fsp3) is 0.783. The molecular formula is C23H36O4. The number of hydrogen-bond acceptors (Lipinski definition) is 4. The van der Waals surface area contributed by atoms with Crippen molar-refractivity contribution < 1.29 is 19.7 Å². The maximum absolute atomic E-state index is 12.1. The van der Waals surface area contributed by atoms with E-state index in [0.717, 1.165) is 19.3 Å². The Kier molecular flexibility index (Phi) is 5.14. The molecule has 0 heterocycles. The van der Waals surface area contributed by atoms with Crippen molar-refractivity contribution in [3.63, 3.8) is 0 Å². The monoisotopic (exact) mass is 376 g/mol. The molecule has 0 aliphatic heterocycles. The average molecular weight is 377 g/mol. The summed E-state index contributed by atoms with van der Waals surface area (Å²) in [6, 6.07) is 0. The molecule has 3 aliphatic carbocycles. The van der Waals surface area contributed by atoms with Crippen molar-refractivity contribution in [3.8, 4) is 0 Å². The van der Waals surface area contributed by atoms with E-state index in [1.165, 1.54) is 5.57 Å². The topological polar surface area (TPSA) is 66.8 Å². The molecule has 4 nitrogen and oxygen atoms in total. The van der Waals surface area contributed by atoms with E-state index in [2.05, 4.69) is 40.3 Å². The SMILES string of the molecule is C=C[C@]1(C)C[C@@H](OC(=O)CO)[C@@]2(C)C3=CC(C)C[C@@]3(CCC2C)[C@@H](C)[C@@H]1O. The van der Waals surface area contributed by atoms with Crippen molar-refractivity contribution in [2.45, 2.75) is 72.5 Å². The summed E-state index contributed by atoms with van der Waals surface area (Å²) in [6.45, 7) is 14.3. The van der Waals surface area contributed by atoms with Crippen LogP contribution >= 0.6 is 0 Å². The zero-order valence-corrected chi connectivity index (χ0v) is 17.5. The van der Waals surface area contributed by atoms with E-state index in [0.29, 0.717) is 18.3 Å². The van der Waals surface area contributed by atoms with Gasteiger partial charge in [0.1, 0.15) is 12.7 Å². The molecule has 2 fully saturated rings. The number of aliphatic hydroxyl groups is 2. The summed E-state index contributed by atoms with van der Waals surface area (Å²) in [7, 11) is 0. The molecule has 0 amide bonds. The maximum Gasteiger partial charge on any atom is 0.332 e. The summed E-state index contributed by atoms with van der Waals surface area (Å²) in [5, 5.41) is 20.7. The zero-order valence-electron chi connectivity index (χ0n) is 17.5. The van der Waals surface area contributed by atoms with Gasteiger partial charge in [0.05, 0.1) is 6.10 Å². The molecule has 8 atom stereocenters. The Morgan fingerprint density at radius 2 is 2.00 bits per heavy atom. The predicted molar refractivity (Wildman–Crippen MR) is 106 cm³/mol. The van der Waals surface area contributed by atoms with Crippen molar-refractivity contribution in [1.29, 1.82) is 0 Å². The van der Waals surface area contributed by atoms with Crippen LogP contribution in [0.15, 0.2) is 24.3 Å². The maximum atomic E-state index is 12.1. The minimum absolute atomic E-state index is 0.0609. The molecule has 2 N–H and O–H groups in total. The Morgan fingerprint density at radius 1 is 1.33 bits per heavy atom. The molecule has 0 aromatic heterocycles. The highest BCUT2D eigenvalue weighted by Crippen LogP contribution is 2.67. The van der Waals surface area contributed by atoms with Crippen molar-refractivity contribution in [2.75, 3.05) is 6.61 Å². The van der Waals surface area contributed by atoms with Crippen LogP contribution in [0, 0.1) is 34.0 Å². The van der Waals surface area contributed by atoms with Gasteiger partial charge in [-0.3, -0.25) is 0 Å². The molecular weight excluding hydrogens is 340 g/mol. The van der Waals surface area contributed by atoms with Gasteiger partial charge < -0.3 is 14.9 Å². The molecule has 3 rings (SSSR count). The van der Waals surface area contributed by atoms with Gasteiger partial charge >= 0.3 is 5.97 Å². The normalized spacial score (nSPS) is 49.4. The van der Waals surface area contributed by atoms with Crippen molar-refractivity contribution in [1.82, 2.24) is 0 Å². The van der Waals surface area contributed by atoms with Gasteiger partial charge in [-0.25, -0.2) is 4.79 Å². The van der Waals surface area contributed by atoms with Crippen LogP contribution in [-0.2, 0) is 9.53 Å². The van der Waals surface area contributed by atoms with Gasteiger partial charge in [-0.2, -0.15) is 0 Å². The van der Waals surface area contributed by atoms with Gasteiger partial charge in [0, 0.05) is 10.8 Å². The number of ether oxygens (including phenoxy) is 1. The number of carbonyl (C=O) groups is 1. The number of carbonyl (C=O) groups excluding carboxylic acids is 1. The molecule has 0 aromatic carbocycles. The number of allylic oxidation sites excluding steroid dienone is 1. The first-order chi connectivity index (χ1) is 12.5. The highest BCUT2D eigenvalue weighted by molar-refractivity contribution is 5.70. The van der Waals surface area contributed by atoms with Crippen LogP contribution in [-0.4, -0.2) is 35.0 Å². The van der Waals surface area contributed by atoms with Gasteiger partial charge in [0.2, 0.25) is 0 Å². The second kappa shape index (κ2) is 6.73. The Balaban J connectivity index is 2.21. The second-order valence-electron chi connectivity index (χ2n) is 9.92. The van der Waals surface area contributed by atoms with Crippen LogP contribution in [0.4, 0.5) is 0 Å². The first-order valence-electron chi connectivity index (χ1n) is 10.4. The molecule has 0 spiro atoms. The van der Waals surface area contributed by atoms with Crippen LogP contribution in [0.3, 0.4) is 0 Å².